The molecule has 1 aliphatic heterocycles. The fourth-order valence-electron chi connectivity index (χ4n) is 2.10. The summed E-state index contributed by atoms with van der Waals surface area (Å²) in [5.74, 6) is 1.05. The zero-order chi connectivity index (χ0) is 12.7. The number of aromatic amines is 1. The number of fused-ring (bicyclic) bond motifs is 1. The molecule has 0 bridgehead atoms. The van der Waals surface area contributed by atoms with Gasteiger partial charge in [0.05, 0.1) is 17.2 Å². The Morgan fingerprint density at radius 3 is 3.11 bits per heavy atom. The Bertz CT molecular complexity index is 602. The molecule has 1 unspecified atom stereocenters. The molecule has 1 atom stereocenters. The van der Waals surface area contributed by atoms with Gasteiger partial charge >= 0.3 is 0 Å². The fraction of sp³-hybridized carbons (Fsp3) is 0.364. The molecule has 3 heterocycles. The van der Waals surface area contributed by atoms with Gasteiger partial charge in [0.15, 0.2) is 5.82 Å². The molecule has 0 saturated heterocycles. The van der Waals surface area contributed by atoms with Crippen LogP contribution in [-0.4, -0.2) is 31.6 Å². The number of hydrogen-bond acceptors (Lipinski definition) is 4. The quantitative estimate of drug-likeness (QED) is 0.811. The predicted octanol–water partition coefficient (Wildman–Crippen LogP) is 1.23. The summed E-state index contributed by atoms with van der Waals surface area (Å²) in [6.07, 6.45) is 3.81. The van der Waals surface area contributed by atoms with Crippen LogP contribution in [0.3, 0.4) is 0 Å². The fourth-order valence-corrected chi connectivity index (χ4v) is 3.26. The van der Waals surface area contributed by atoms with E-state index in [0.717, 1.165) is 16.8 Å². The largest absolute Gasteiger partial charge is 0.308 e. The van der Waals surface area contributed by atoms with Gasteiger partial charge < -0.3 is 5.32 Å². The van der Waals surface area contributed by atoms with E-state index in [2.05, 4.69) is 20.6 Å². The zero-order valence-corrected chi connectivity index (χ0v) is 10.9. The Kier molecular flexibility index (Phi) is 2.62. The minimum Gasteiger partial charge on any atom is -0.308 e. The number of hydrogen-bond donors (Lipinski definition) is 2. The summed E-state index contributed by atoms with van der Waals surface area (Å²) in [5, 5.41) is 14.2. The summed E-state index contributed by atoms with van der Waals surface area (Å²) in [6, 6.07) is 0. The summed E-state index contributed by atoms with van der Waals surface area (Å²) in [4.78, 5) is 11.6. The molecule has 1 amide bonds. The van der Waals surface area contributed by atoms with Crippen molar-refractivity contribution in [2.24, 2.45) is 7.05 Å². The van der Waals surface area contributed by atoms with E-state index in [9.17, 15) is 4.79 Å². The van der Waals surface area contributed by atoms with Crippen molar-refractivity contribution in [3.05, 3.63) is 29.2 Å². The first-order valence-corrected chi connectivity index (χ1v) is 6.65. The van der Waals surface area contributed by atoms with Gasteiger partial charge in [0.25, 0.3) is 0 Å². The molecule has 0 saturated carbocycles. The van der Waals surface area contributed by atoms with Gasteiger partial charge in [0.1, 0.15) is 0 Å². The maximum absolute atomic E-state index is 11.6. The molecule has 2 aromatic rings. The van der Waals surface area contributed by atoms with E-state index in [0.29, 0.717) is 11.6 Å². The van der Waals surface area contributed by atoms with Crippen LogP contribution in [0, 0.1) is 6.92 Å². The number of nitrogens with one attached hydrogen (secondary N) is 2. The van der Waals surface area contributed by atoms with E-state index in [4.69, 9.17) is 0 Å². The van der Waals surface area contributed by atoms with Crippen LogP contribution in [0.15, 0.2) is 12.4 Å². The third-order valence-electron chi connectivity index (χ3n) is 2.92. The maximum atomic E-state index is 11.6. The van der Waals surface area contributed by atoms with E-state index >= 15 is 0 Å². The minimum atomic E-state index is -0.0147. The second kappa shape index (κ2) is 4.16. The summed E-state index contributed by atoms with van der Waals surface area (Å²) in [7, 11) is 1.89. The molecule has 18 heavy (non-hydrogen) atoms. The number of amides is 1. The molecule has 0 spiro atoms. The molecule has 0 fully saturated rings. The van der Waals surface area contributed by atoms with Crippen molar-refractivity contribution >= 4 is 23.5 Å². The molecular formula is C11H13N5OS. The number of thioether (sulfide) groups is 1. The number of aromatic nitrogens is 4. The Morgan fingerprint density at radius 1 is 1.56 bits per heavy atom. The minimum absolute atomic E-state index is 0.0147. The molecule has 2 N–H and O–H groups in total. The average Bonchev–Trinajstić information content (AvgIpc) is 2.84. The van der Waals surface area contributed by atoms with Crippen molar-refractivity contribution in [3.8, 4) is 0 Å². The average molecular weight is 263 g/mol. The highest BCUT2D eigenvalue weighted by molar-refractivity contribution is 8.00. The smallest absolute Gasteiger partial charge is 0.235 e. The van der Waals surface area contributed by atoms with Gasteiger partial charge in [0.2, 0.25) is 5.91 Å². The van der Waals surface area contributed by atoms with Gasteiger partial charge in [-0.25, -0.2) is 0 Å². The van der Waals surface area contributed by atoms with Gasteiger partial charge in [-0.2, -0.15) is 10.2 Å². The summed E-state index contributed by atoms with van der Waals surface area (Å²) in [5.41, 5.74) is 3.11. The van der Waals surface area contributed by atoms with Gasteiger partial charge in [-0.1, -0.05) is 0 Å². The second-order valence-electron chi connectivity index (χ2n) is 4.30. The van der Waals surface area contributed by atoms with Crippen LogP contribution < -0.4 is 5.32 Å². The lowest BCUT2D eigenvalue weighted by Gasteiger charge is -2.12. The highest BCUT2D eigenvalue weighted by Gasteiger charge is 2.28. The van der Waals surface area contributed by atoms with E-state index in [-0.39, 0.29) is 11.2 Å². The second-order valence-corrected chi connectivity index (χ2v) is 5.39. The molecule has 0 aromatic carbocycles. The lowest BCUT2D eigenvalue weighted by molar-refractivity contribution is -0.113. The monoisotopic (exact) mass is 263 g/mol. The summed E-state index contributed by atoms with van der Waals surface area (Å²) >= 11 is 1.59. The van der Waals surface area contributed by atoms with Crippen LogP contribution in [-0.2, 0) is 11.8 Å². The van der Waals surface area contributed by atoms with Crippen molar-refractivity contribution in [2.45, 2.75) is 12.2 Å². The topological polar surface area (TPSA) is 75.6 Å². The molecule has 7 heteroatoms. The van der Waals surface area contributed by atoms with E-state index < -0.39 is 0 Å². The Labute approximate surface area is 108 Å². The summed E-state index contributed by atoms with van der Waals surface area (Å²) in [6.45, 7) is 1.97. The van der Waals surface area contributed by atoms with Gasteiger partial charge in [-0.05, 0) is 6.92 Å². The number of carbonyl (C=O) groups excluding carboxylic acids is 1. The summed E-state index contributed by atoms with van der Waals surface area (Å²) < 4.78 is 1.77. The van der Waals surface area contributed by atoms with Crippen molar-refractivity contribution < 1.29 is 4.79 Å². The Hall–Kier alpha value is -1.76. The molecule has 0 aliphatic carbocycles. The number of aryl methyl sites for hydroxylation is 2. The highest BCUT2D eigenvalue weighted by Crippen LogP contribution is 2.41. The van der Waals surface area contributed by atoms with Gasteiger partial charge in [-0.3, -0.25) is 14.6 Å². The number of carbonyl (C=O) groups is 1. The maximum Gasteiger partial charge on any atom is 0.235 e. The van der Waals surface area contributed by atoms with Crippen LogP contribution in [0.5, 0.6) is 0 Å². The zero-order valence-electron chi connectivity index (χ0n) is 10.1. The predicted molar refractivity (Wildman–Crippen MR) is 69.5 cm³/mol. The van der Waals surface area contributed by atoms with E-state index in [1.165, 1.54) is 0 Å². The van der Waals surface area contributed by atoms with E-state index in [1.54, 1.807) is 16.4 Å². The first kappa shape index (κ1) is 11.3. The van der Waals surface area contributed by atoms with Crippen molar-refractivity contribution in [3.63, 3.8) is 0 Å². The third kappa shape index (κ3) is 1.80. The van der Waals surface area contributed by atoms with Crippen molar-refractivity contribution in [2.75, 3.05) is 11.1 Å². The first-order chi connectivity index (χ1) is 8.65. The molecule has 3 rings (SSSR count). The molecular weight excluding hydrogens is 250 g/mol. The van der Waals surface area contributed by atoms with Crippen LogP contribution in [0.25, 0.3) is 0 Å². The van der Waals surface area contributed by atoms with Gasteiger partial charge in [-0.15, -0.1) is 11.8 Å². The van der Waals surface area contributed by atoms with Crippen molar-refractivity contribution in [1.82, 2.24) is 20.0 Å². The third-order valence-corrected chi connectivity index (χ3v) is 4.19. The number of anilines is 1. The Morgan fingerprint density at radius 2 is 2.39 bits per heavy atom. The lowest BCUT2D eigenvalue weighted by Crippen LogP contribution is -2.12. The molecule has 1 aliphatic rings. The molecule has 6 nitrogen and oxygen atoms in total. The van der Waals surface area contributed by atoms with Crippen LogP contribution in [0.1, 0.15) is 22.1 Å². The van der Waals surface area contributed by atoms with Crippen molar-refractivity contribution in [1.29, 1.82) is 0 Å². The normalized spacial score (nSPS) is 19.2. The van der Waals surface area contributed by atoms with Gasteiger partial charge in [0, 0.05) is 30.1 Å². The standard InChI is InChI=1S/C11H13N5OS/c1-6-9-10(7-3-12-16(2)4-7)18-5-8(17)13-11(9)15-14-6/h3-4,10H,5H2,1-2H3,(H2,13,14,15,17). The number of H-pyrrole nitrogens is 1. The van der Waals surface area contributed by atoms with Crippen LogP contribution >= 0.6 is 11.8 Å². The highest BCUT2D eigenvalue weighted by atomic mass is 32.2. The molecule has 2 aromatic heterocycles. The number of rotatable bonds is 1. The molecule has 0 radical (unpaired) electrons. The Balaban J connectivity index is 2.09. The van der Waals surface area contributed by atoms with Crippen LogP contribution in [0.2, 0.25) is 0 Å². The lowest BCUT2D eigenvalue weighted by atomic mass is 10.1. The molecule has 94 valence electrons. The number of nitrogens with zero attached hydrogens (tertiary/aromatic N) is 3. The SMILES string of the molecule is Cc1[nH]nc2c1C(c1cnn(C)c1)SCC(=O)N2. The van der Waals surface area contributed by atoms with Crippen LogP contribution in [0.4, 0.5) is 5.82 Å². The van der Waals surface area contributed by atoms with E-state index in [1.807, 2.05) is 26.4 Å². The first-order valence-electron chi connectivity index (χ1n) is 5.60.